The quantitative estimate of drug-likeness (QED) is 0.623. The van der Waals surface area contributed by atoms with Crippen LogP contribution in [-0.2, 0) is 4.74 Å². The first kappa shape index (κ1) is 10.4. The summed E-state index contributed by atoms with van der Waals surface area (Å²) in [5.41, 5.74) is 6.34. The molecule has 3 N–H and O–H groups in total. The van der Waals surface area contributed by atoms with Gasteiger partial charge in [-0.3, -0.25) is 4.90 Å². The first-order valence-electron chi connectivity index (χ1n) is 5.58. The van der Waals surface area contributed by atoms with Gasteiger partial charge >= 0.3 is 0 Å². The van der Waals surface area contributed by atoms with E-state index in [0.29, 0.717) is 0 Å². The summed E-state index contributed by atoms with van der Waals surface area (Å²) in [4.78, 5) is 2.43. The third-order valence-electron chi connectivity index (χ3n) is 3.15. The number of rotatable bonds is 2. The number of piperidine rings is 1. The van der Waals surface area contributed by atoms with Gasteiger partial charge in [0, 0.05) is 31.7 Å². The van der Waals surface area contributed by atoms with E-state index >= 15 is 0 Å². The van der Waals surface area contributed by atoms with Crippen LogP contribution >= 0.6 is 0 Å². The maximum absolute atomic E-state index is 6.34. The topological polar surface area (TPSA) is 50.5 Å². The standard InChI is InChI=1S/C10H21N3O/c11-10(2-1-3-12-8-10)9-13-4-6-14-7-5-13/h12H,1-9,11H2. The molecule has 4 heteroatoms. The van der Waals surface area contributed by atoms with Crippen molar-refractivity contribution in [2.24, 2.45) is 5.73 Å². The van der Waals surface area contributed by atoms with Crippen molar-refractivity contribution in [3.8, 4) is 0 Å². The third kappa shape index (κ3) is 2.67. The van der Waals surface area contributed by atoms with Crippen LogP contribution in [0.4, 0.5) is 0 Å². The fraction of sp³-hybridized carbons (Fsp3) is 1.00. The second kappa shape index (κ2) is 4.57. The number of morpholine rings is 1. The third-order valence-corrected chi connectivity index (χ3v) is 3.15. The molecule has 0 bridgehead atoms. The fourth-order valence-corrected chi connectivity index (χ4v) is 2.33. The molecule has 0 radical (unpaired) electrons. The Morgan fingerprint density at radius 1 is 1.36 bits per heavy atom. The zero-order valence-corrected chi connectivity index (χ0v) is 8.80. The Balaban J connectivity index is 1.81. The average Bonchev–Trinajstić information content (AvgIpc) is 2.19. The number of hydrogen-bond donors (Lipinski definition) is 2. The van der Waals surface area contributed by atoms with Gasteiger partial charge in [0.2, 0.25) is 0 Å². The maximum atomic E-state index is 6.34. The van der Waals surface area contributed by atoms with E-state index in [2.05, 4.69) is 10.2 Å². The van der Waals surface area contributed by atoms with Gasteiger partial charge in [-0.2, -0.15) is 0 Å². The Morgan fingerprint density at radius 3 is 2.79 bits per heavy atom. The van der Waals surface area contributed by atoms with Crippen LogP contribution < -0.4 is 11.1 Å². The number of ether oxygens (including phenoxy) is 1. The van der Waals surface area contributed by atoms with Crippen molar-refractivity contribution < 1.29 is 4.74 Å². The molecule has 1 atom stereocenters. The van der Waals surface area contributed by atoms with Crippen molar-refractivity contribution in [1.29, 1.82) is 0 Å². The predicted octanol–water partition coefficient (Wildman–Crippen LogP) is -0.600. The van der Waals surface area contributed by atoms with Crippen molar-refractivity contribution in [3.63, 3.8) is 0 Å². The summed E-state index contributed by atoms with van der Waals surface area (Å²) < 4.78 is 5.32. The maximum Gasteiger partial charge on any atom is 0.0594 e. The minimum atomic E-state index is -0.00438. The summed E-state index contributed by atoms with van der Waals surface area (Å²) in [7, 11) is 0. The van der Waals surface area contributed by atoms with E-state index in [-0.39, 0.29) is 5.54 Å². The number of nitrogens with zero attached hydrogens (tertiary/aromatic N) is 1. The molecular formula is C10H21N3O. The highest BCUT2D eigenvalue weighted by Crippen LogP contribution is 2.15. The molecule has 4 nitrogen and oxygen atoms in total. The van der Waals surface area contributed by atoms with Crippen LogP contribution in [0.1, 0.15) is 12.8 Å². The van der Waals surface area contributed by atoms with Crippen LogP contribution in [0, 0.1) is 0 Å². The lowest BCUT2D eigenvalue weighted by molar-refractivity contribution is 0.0250. The van der Waals surface area contributed by atoms with Crippen molar-refractivity contribution in [2.45, 2.75) is 18.4 Å². The van der Waals surface area contributed by atoms with Gasteiger partial charge in [0.15, 0.2) is 0 Å². The zero-order chi connectivity index (χ0) is 9.86. The molecule has 0 aliphatic carbocycles. The summed E-state index contributed by atoms with van der Waals surface area (Å²) in [6.45, 7) is 6.92. The normalized spacial score (nSPS) is 35.8. The summed E-state index contributed by atoms with van der Waals surface area (Å²) in [6, 6.07) is 0. The van der Waals surface area contributed by atoms with Gasteiger partial charge in [-0.05, 0) is 19.4 Å². The Kier molecular flexibility index (Phi) is 3.38. The average molecular weight is 199 g/mol. The molecule has 14 heavy (non-hydrogen) atoms. The van der Waals surface area contributed by atoms with Gasteiger partial charge in [-0.15, -0.1) is 0 Å². The molecule has 0 spiro atoms. The molecule has 2 heterocycles. The lowest BCUT2D eigenvalue weighted by atomic mass is 9.90. The highest BCUT2D eigenvalue weighted by molar-refractivity contribution is 4.93. The van der Waals surface area contributed by atoms with Gasteiger partial charge in [-0.1, -0.05) is 0 Å². The van der Waals surface area contributed by atoms with E-state index in [4.69, 9.17) is 10.5 Å². The first-order chi connectivity index (χ1) is 6.79. The van der Waals surface area contributed by atoms with Gasteiger partial charge < -0.3 is 15.8 Å². The van der Waals surface area contributed by atoms with Crippen molar-refractivity contribution in [3.05, 3.63) is 0 Å². The number of hydrogen-bond acceptors (Lipinski definition) is 4. The molecule has 2 aliphatic heterocycles. The van der Waals surface area contributed by atoms with Crippen molar-refractivity contribution >= 4 is 0 Å². The lowest BCUT2D eigenvalue weighted by Crippen LogP contribution is -2.60. The first-order valence-corrected chi connectivity index (χ1v) is 5.58. The van der Waals surface area contributed by atoms with Crippen molar-refractivity contribution in [1.82, 2.24) is 10.2 Å². The smallest absolute Gasteiger partial charge is 0.0594 e. The van der Waals surface area contributed by atoms with E-state index in [9.17, 15) is 0 Å². The van der Waals surface area contributed by atoms with Gasteiger partial charge in [0.1, 0.15) is 0 Å². The van der Waals surface area contributed by atoms with Crippen molar-refractivity contribution in [2.75, 3.05) is 45.9 Å². The molecule has 2 aliphatic rings. The highest BCUT2D eigenvalue weighted by Gasteiger charge is 2.29. The van der Waals surface area contributed by atoms with Gasteiger partial charge in [0.05, 0.1) is 13.2 Å². The van der Waals surface area contributed by atoms with E-state index in [1.54, 1.807) is 0 Å². The van der Waals surface area contributed by atoms with Gasteiger partial charge in [0.25, 0.3) is 0 Å². The van der Waals surface area contributed by atoms with Crippen LogP contribution in [-0.4, -0.2) is 56.4 Å². The second-order valence-corrected chi connectivity index (χ2v) is 4.53. The van der Waals surface area contributed by atoms with E-state index in [1.165, 1.54) is 6.42 Å². The molecule has 0 aromatic heterocycles. The minimum Gasteiger partial charge on any atom is -0.379 e. The molecule has 1 unspecified atom stereocenters. The summed E-state index contributed by atoms with van der Waals surface area (Å²) in [5.74, 6) is 0. The molecule has 0 amide bonds. The fourth-order valence-electron chi connectivity index (χ4n) is 2.33. The molecule has 0 aromatic rings. The van der Waals surface area contributed by atoms with Crippen LogP contribution in [0.3, 0.4) is 0 Å². The second-order valence-electron chi connectivity index (χ2n) is 4.53. The SMILES string of the molecule is NC1(CN2CCOCC2)CCCNC1. The van der Waals surface area contributed by atoms with E-state index < -0.39 is 0 Å². The minimum absolute atomic E-state index is 0.00438. The number of nitrogens with two attached hydrogens (primary N) is 1. The van der Waals surface area contributed by atoms with Crippen LogP contribution in [0.15, 0.2) is 0 Å². The zero-order valence-electron chi connectivity index (χ0n) is 8.80. The van der Waals surface area contributed by atoms with Crippen LogP contribution in [0.5, 0.6) is 0 Å². The molecular weight excluding hydrogens is 178 g/mol. The van der Waals surface area contributed by atoms with E-state index in [1.807, 2.05) is 0 Å². The molecule has 0 aromatic carbocycles. The summed E-state index contributed by atoms with van der Waals surface area (Å²) in [6.07, 6.45) is 2.36. The Hall–Kier alpha value is -0.160. The van der Waals surface area contributed by atoms with E-state index in [0.717, 1.165) is 52.4 Å². The van der Waals surface area contributed by atoms with Crippen LogP contribution in [0.25, 0.3) is 0 Å². The monoisotopic (exact) mass is 199 g/mol. The Labute approximate surface area is 85.8 Å². The molecule has 2 saturated heterocycles. The van der Waals surface area contributed by atoms with Crippen LogP contribution in [0.2, 0.25) is 0 Å². The predicted molar refractivity (Wildman–Crippen MR) is 56.3 cm³/mol. The summed E-state index contributed by atoms with van der Waals surface area (Å²) in [5, 5.41) is 3.38. The highest BCUT2D eigenvalue weighted by atomic mass is 16.5. The molecule has 2 rings (SSSR count). The van der Waals surface area contributed by atoms with Gasteiger partial charge in [-0.25, -0.2) is 0 Å². The largest absolute Gasteiger partial charge is 0.379 e. The summed E-state index contributed by atoms with van der Waals surface area (Å²) >= 11 is 0. The molecule has 0 saturated carbocycles. The Bertz CT molecular complexity index is 174. The number of nitrogens with one attached hydrogen (secondary N) is 1. The Morgan fingerprint density at radius 2 is 2.14 bits per heavy atom. The lowest BCUT2D eigenvalue weighted by Gasteiger charge is -2.39. The molecule has 2 fully saturated rings. The molecule has 82 valence electrons.